The highest BCUT2D eigenvalue weighted by Crippen LogP contribution is 2.48. The summed E-state index contributed by atoms with van der Waals surface area (Å²) in [5.41, 5.74) is -2.70. The summed E-state index contributed by atoms with van der Waals surface area (Å²) in [5, 5.41) is 40.9. The van der Waals surface area contributed by atoms with E-state index in [1.807, 2.05) is 44.3 Å². The van der Waals surface area contributed by atoms with E-state index in [-0.39, 0.29) is 17.8 Å². The molecule has 5 N–H and O–H groups in total. The van der Waals surface area contributed by atoms with Gasteiger partial charge < -0.3 is 39.5 Å². The minimum Gasteiger partial charge on any atom is -0.464 e. The quantitative estimate of drug-likeness (QED) is 0.144. The fourth-order valence-electron chi connectivity index (χ4n) is 4.47. The molecule has 0 aliphatic carbocycles. The van der Waals surface area contributed by atoms with Gasteiger partial charge in [0.25, 0.3) is 0 Å². The number of hydrogen-bond acceptors (Lipinski definition) is 11. The Hall–Kier alpha value is -3.18. The van der Waals surface area contributed by atoms with Crippen LogP contribution in [0.2, 0.25) is 0 Å². The molecule has 7 atom stereocenters. The van der Waals surface area contributed by atoms with Gasteiger partial charge in [0.05, 0.1) is 13.2 Å². The van der Waals surface area contributed by atoms with Crippen LogP contribution in [-0.2, 0) is 28.2 Å². The highest BCUT2D eigenvalue weighted by Gasteiger charge is 2.58. The first-order chi connectivity index (χ1) is 20.7. The number of fused-ring (bicyclic) bond motifs is 1. The van der Waals surface area contributed by atoms with E-state index in [2.05, 4.69) is 16.3 Å². The van der Waals surface area contributed by atoms with Crippen LogP contribution in [0.4, 0.5) is 0 Å². The summed E-state index contributed by atoms with van der Waals surface area (Å²) in [6.07, 6.45) is -4.20. The molecule has 2 aromatic carbocycles. The number of halogens is 1. The van der Waals surface area contributed by atoms with Gasteiger partial charge in [0, 0.05) is 23.0 Å². The Morgan fingerprint density at radius 1 is 1.25 bits per heavy atom. The molecule has 1 amide bonds. The van der Waals surface area contributed by atoms with E-state index in [0.717, 1.165) is 22.6 Å². The van der Waals surface area contributed by atoms with Gasteiger partial charge in [0.1, 0.15) is 24.0 Å². The molecule has 0 bridgehead atoms. The molecule has 1 saturated heterocycles. The van der Waals surface area contributed by atoms with Crippen molar-refractivity contribution in [2.45, 2.75) is 64.1 Å². The Balaban J connectivity index is 1.60. The zero-order valence-corrected chi connectivity index (χ0v) is 26.1. The number of aliphatic hydroxyl groups excluding tert-OH is 2. The third-order valence-electron chi connectivity index (χ3n) is 6.68. The Morgan fingerprint density at radius 3 is 2.64 bits per heavy atom. The number of esters is 1. The number of benzene rings is 2. The molecule has 13 nitrogen and oxygen atoms in total. The standard InChI is InChI=1S/C29H35ClN3O10P/c1-18(25(36)40-17-28(2,3)4)32-44(39,43-21-11-7-9-19-8-5-6-10-20(19)21)41-16-22-24(35)29(38,13-14-30)26(42-22)33-15-12-23(34)31-27(33)37/h5-12,15,18,22,24,26-27,35,37-38H,16-17H2,1-4H3,(H,31,34)(H,32,39). The van der Waals surface area contributed by atoms with E-state index in [4.69, 9.17) is 30.1 Å². The lowest BCUT2D eigenvalue weighted by Crippen LogP contribution is -2.60. The summed E-state index contributed by atoms with van der Waals surface area (Å²) in [4.78, 5) is 25.4. The lowest BCUT2D eigenvalue weighted by atomic mass is 9.94. The number of carbonyl (C=O) groups excluding carboxylic acids is 2. The summed E-state index contributed by atoms with van der Waals surface area (Å²) in [7, 11) is -4.45. The molecule has 0 saturated carbocycles. The maximum atomic E-state index is 14.2. The minimum absolute atomic E-state index is 0.105. The lowest BCUT2D eigenvalue weighted by molar-refractivity contribution is -0.164. The molecular formula is C29H35ClN3O10P. The predicted molar refractivity (Wildman–Crippen MR) is 160 cm³/mol. The van der Waals surface area contributed by atoms with Gasteiger partial charge >= 0.3 is 13.7 Å². The third kappa shape index (κ3) is 7.72. The van der Waals surface area contributed by atoms with Crippen LogP contribution >= 0.6 is 19.3 Å². The fraction of sp³-hybridized carbons (Fsp3) is 0.448. The number of nitrogens with one attached hydrogen (secondary N) is 2. The van der Waals surface area contributed by atoms with E-state index in [0.29, 0.717) is 5.39 Å². The summed E-state index contributed by atoms with van der Waals surface area (Å²) >= 11 is 5.57. The van der Waals surface area contributed by atoms with Crippen LogP contribution in [-0.4, -0.2) is 81.7 Å². The molecule has 7 unspecified atom stereocenters. The Bertz CT molecular complexity index is 1520. The number of carbonyl (C=O) groups is 2. The van der Waals surface area contributed by atoms with Crippen LogP contribution in [0.25, 0.3) is 10.8 Å². The van der Waals surface area contributed by atoms with E-state index in [9.17, 15) is 29.5 Å². The first-order valence-corrected chi connectivity index (χ1v) is 15.6. The Morgan fingerprint density at radius 2 is 1.95 bits per heavy atom. The smallest absolute Gasteiger partial charge is 0.459 e. The second-order valence-corrected chi connectivity index (χ2v) is 13.4. The molecule has 44 heavy (non-hydrogen) atoms. The Labute approximate surface area is 259 Å². The first kappa shape index (κ1) is 33.7. The molecule has 2 aliphatic rings. The minimum atomic E-state index is -4.45. The first-order valence-electron chi connectivity index (χ1n) is 13.6. The molecule has 238 valence electrons. The van der Waals surface area contributed by atoms with Gasteiger partial charge in [-0.2, -0.15) is 5.09 Å². The van der Waals surface area contributed by atoms with Gasteiger partial charge in [-0.15, -0.1) is 0 Å². The van der Waals surface area contributed by atoms with E-state index in [1.165, 1.54) is 6.92 Å². The normalized spacial score (nSPS) is 27.2. The number of rotatable bonds is 10. The second-order valence-electron chi connectivity index (χ2n) is 11.5. The molecule has 2 heterocycles. The second kappa shape index (κ2) is 13.4. The summed E-state index contributed by atoms with van der Waals surface area (Å²) in [5.74, 6) is 1.15. The van der Waals surface area contributed by atoms with Crippen molar-refractivity contribution in [3.8, 4) is 17.0 Å². The van der Waals surface area contributed by atoms with Crippen LogP contribution < -0.4 is 14.9 Å². The van der Waals surface area contributed by atoms with Crippen LogP contribution in [0.15, 0.2) is 54.7 Å². The molecule has 2 aromatic rings. The van der Waals surface area contributed by atoms with E-state index >= 15 is 0 Å². The number of nitrogens with zero attached hydrogens (tertiary/aromatic N) is 1. The van der Waals surface area contributed by atoms with Gasteiger partial charge in [-0.25, -0.2) is 4.57 Å². The highest BCUT2D eigenvalue weighted by atomic mass is 35.5. The van der Waals surface area contributed by atoms with Crippen LogP contribution in [0.5, 0.6) is 5.75 Å². The molecule has 0 aromatic heterocycles. The average molecular weight is 652 g/mol. The average Bonchev–Trinajstić information content (AvgIpc) is 3.19. The lowest BCUT2D eigenvalue weighted by Gasteiger charge is -2.38. The van der Waals surface area contributed by atoms with Crippen LogP contribution in [0, 0.1) is 16.7 Å². The van der Waals surface area contributed by atoms with Crippen LogP contribution in [0.1, 0.15) is 27.7 Å². The predicted octanol–water partition coefficient (Wildman–Crippen LogP) is 2.15. The highest BCUT2D eigenvalue weighted by molar-refractivity contribution is 7.52. The topological polar surface area (TPSA) is 176 Å². The maximum absolute atomic E-state index is 14.2. The van der Waals surface area contributed by atoms with Crippen molar-refractivity contribution < 1.29 is 48.0 Å². The van der Waals surface area contributed by atoms with Gasteiger partial charge in [0.2, 0.25) is 12.3 Å². The van der Waals surface area contributed by atoms with Gasteiger partial charge in [0.15, 0.2) is 11.8 Å². The van der Waals surface area contributed by atoms with E-state index < -0.39 is 62.7 Å². The molecule has 2 aliphatic heterocycles. The van der Waals surface area contributed by atoms with Gasteiger partial charge in [-0.1, -0.05) is 57.2 Å². The molecule has 1 fully saturated rings. The maximum Gasteiger partial charge on any atom is 0.459 e. The summed E-state index contributed by atoms with van der Waals surface area (Å²) in [6, 6.07) is 11.1. The zero-order chi connectivity index (χ0) is 32.3. The number of amides is 1. The van der Waals surface area contributed by atoms with Gasteiger partial charge in [-0.05, 0) is 41.3 Å². The van der Waals surface area contributed by atoms with Crippen molar-refractivity contribution >= 4 is 42.0 Å². The Kier molecular flexibility index (Phi) is 10.3. The van der Waals surface area contributed by atoms with Crippen molar-refractivity contribution in [1.29, 1.82) is 0 Å². The summed E-state index contributed by atoms with van der Waals surface area (Å²) < 4.78 is 37.0. The largest absolute Gasteiger partial charge is 0.464 e. The van der Waals surface area contributed by atoms with E-state index in [1.54, 1.807) is 24.3 Å². The van der Waals surface area contributed by atoms with Crippen molar-refractivity contribution in [3.63, 3.8) is 0 Å². The molecule has 0 radical (unpaired) electrons. The molecule has 4 rings (SSSR count). The fourth-order valence-corrected chi connectivity index (χ4v) is 6.15. The number of aliphatic hydroxyl groups is 3. The van der Waals surface area contributed by atoms with Crippen molar-refractivity contribution in [1.82, 2.24) is 15.3 Å². The molecule has 15 heteroatoms. The monoisotopic (exact) mass is 651 g/mol. The van der Waals surface area contributed by atoms with Crippen LogP contribution in [0.3, 0.4) is 0 Å². The molecular weight excluding hydrogens is 617 g/mol. The SMILES string of the molecule is CC(NP(=O)(OCC1OC(N2C=CC(=O)NC2O)C(O)(C#CCl)C1O)Oc1cccc2ccccc12)C(=O)OCC(C)(C)C. The zero-order valence-electron chi connectivity index (χ0n) is 24.5. The van der Waals surface area contributed by atoms with Crippen molar-refractivity contribution in [3.05, 3.63) is 54.7 Å². The summed E-state index contributed by atoms with van der Waals surface area (Å²) in [6.45, 7) is 6.55. The number of ether oxygens (including phenoxy) is 2. The van der Waals surface area contributed by atoms with Crippen molar-refractivity contribution in [2.75, 3.05) is 13.2 Å². The third-order valence-corrected chi connectivity index (χ3v) is 8.41. The van der Waals surface area contributed by atoms with Crippen molar-refractivity contribution in [2.24, 2.45) is 5.41 Å². The van der Waals surface area contributed by atoms with Gasteiger partial charge in [-0.3, -0.25) is 14.1 Å². The number of hydrogen-bond donors (Lipinski definition) is 5. The molecule has 0 spiro atoms.